The van der Waals surface area contributed by atoms with E-state index in [0.717, 1.165) is 44.9 Å². The molecule has 2 fully saturated rings. The van der Waals surface area contributed by atoms with Crippen LogP contribution in [0.1, 0.15) is 92.9 Å². The molecule has 2 aliphatic rings. The zero-order valence-electron chi connectivity index (χ0n) is 23.4. The van der Waals surface area contributed by atoms with Crippen molar-refractivity contribution in [2.24, 2.45) is 23.0 Å². The maximum atomic E-state index is 13.8. The molecule has 0 spiro atoms. The number of urea groups is 1. The first-order valence-corrected chi connectivity index (χ1v) is 13.6. The topological polar surface area (TPSA) is 151 Å². The van der Waals surface area contributed by atoms with Gasteiger partial charge in [0, 0.05) is 12.1 Å². The molecular weight excluding hydrogens is 474 g/mol. The zero-order chi connectivity index (χ0) is 28.0. The fraction of sp³-hybridized carbons (Fsp3) is 0.815. The van der Waals surface area contributed by atoms with Gasteiger partial charge in [0.1, 0.15) is 6.04 Å². The van der Waals surface area contributed by atoms with Gasteiger partial charge in [0.15, 0.2) is 0 Å². The summed E-state index contributed by atoms with van der Waals surface area (Å²) in [7, 11) is 0. The van der Waals surface area contributed by atoms with E-state index in [1.165, 1.54) is 4.90 Å². The summed E-state index contributed by atoms with van der Waals surface area (Å²) < 4.78 is 0. The number of primary amides is 1. The van der Waals surface area contributed by atoms with Gasteiger partial charge in [-0.25, -0.2) is 4.79 Å². The number of hydrogen-bond acceptors (Lipinski definition) is 5. The zero-order valence-corrected chi connectivity index (χ0v) is 23.4. The van der Waals surface area contributed by atoms with Gasteiger partial charge in [0.05, 0.1) is 12.6 Å². The van der Waals surface area contributed by atoms with Crippen molar-refractivity contribution in [3.63, 3.8) is 0 Å². The van der Waals surface area contributed by atoms with E-state index in [-0.39, 0.29) is 24.3 Å². The van der Waals surface area contributed by atoms with E-state index in [1.54, 1.807) is 0 Å². The quantitative estimate of drug-likeness (QED) is 0.308. The standard InChI is InChI=1S/C27H47N5O5/c1-26(2,3)22(30-25(37)31-27(4,5)6)24(36)32(15-18-10-7-8-11-18)16-20(33)29-19(21(34)23(28)35)14-17-12-9-13-17/h17-19,22H,7-16H2,1-6H3,(H2,28,35)(H,29,33)(H2,30,31,37)/t19?,22-/m1/s1. The predicted molar refractivity (Wildman–Crippen MR) is 141 cm³/mol. The highest BCUT2D eigenvalue weighted by atomic mass is 16.2. The summed E-state index contributed by atoms with van der Waals surface area (Å²) in [4.78, 5) is 65.1. The van der Waals surface area contributed by atoms with Crippen molar-refractivity contribution >= 4 is 29.5 Å². The highest BCUT2D eigenvalue weighted by Crippen LogP contribution is 2.31. The molecule has 2 atom stereocenters. The van der Waals surface area contributed by atoms with Crippen LogP contribution in [0, 0.1) is 17.3 Å². The van der Waals surface area contributed by atoms with Crippen LogP contribution in [0.4, 0.5) is 4.79 Å². The maximum absolute atomic E-state index is 13.8. The number of nitrogens with zero attached hydrogens (tertiary/aromatic N) is 1. The maximum Gasteiger partial charge on any atom is 0.315 e. The van der Waals surface area contributed by atoms with E-state index in [0.29, 0.717) is 13.0 Å². The molecule has 2 rings (SSSR count). The molecule has 0 bridgehead atoms. The summed E-state index contributed by atoms with van der Waals surface area (Å²) in [5, 5.41) is 8.32. The van der Waals surface area contributed by atoms with Crippen LogP contribution in [-0.4, -0.2) is 65.1 Å². The minimum Gasteiger partial charge on any atom is -0.363 e. The average molecular weight is 522 g/mol. The van der Waals surface area contributed by atoms with Crippen LogP contribution in [-0.2, 0) is 19.2 Å². The number of ketones is 1. The number of rotatable bonds is 11. The van der Waals surface area contributed by atoms with Crippen LogP contribution >= 0.6 is 0 Å². The predicted octanol–water partition coefficient (Wildman–Crippen LogP) is 2.25. The Hall–Kier alpha value is -2.65. The van der Waals surface area contributed by atoms with E-state index in [1.807, 2.05) is 41.5 Å². The lowest BCUT2D eigenvalue weighted by atomic mass is 9.80. The van der Waals surface area contributed by atoms with Gasteiger partial charge in [0.25, 0.3) is 5.91 Å². The summed E-state index contributed by atoms with van der Waals surface area (Å²) in [6.45, 7) is 11.3. The molecule has 2 saturated carbocycles. The molecule has 5 N–H and O–H groups in total. The molecule has 0 heterocycles. The van der Waals surface area contributed by atoms with Crippen LogP contribution in [0.25, 0.3) is 0 Å². The Balaban J connectivity index is 2.20. The lowest BCUT2D eigenvalue weighted by Crippen LogP contribution is -2.60. The van der Waals surface area contributed by atoms with Crippen molar-refractivity contribution in [1.82, 2.24) is 20.9 Å². The number of carbonyl (C=O) groups is 5. The molecule has 0 aliphatic heterocycles. The summed E-state index contributed by atoms with van der Waals surface area (Å²) in [6.07, 6.45) is 7.39. The van der Waals surface area contributed by atoms with Crippen molar-refractivity contribution in [3.05, 3.63) is 0 Å². The lowest BCUT2D eigenvalue weighted by molar-refractivity contribution is -0.142. The van der Waals surface area contributed by atoms with Gasteiger partial charge in [-0.1, -0.05) is 52.9 Å². The number of amides is 5. The Morgan fingerprint density at radius 1 is 0.865 bits per heavy atom. The van der Waals surface area contributed by atoms with Gasteiger partial charge in [0.2, 0.25) is 17.6 Å². The largest absolute Gasteiger partial charge is 0.363 e. The fourth-order valence-corrected chi connectivity index (χ4v) is 4.95. The normalized spacial score (nSPS) is 18.3. The van der Waals surface area contributed by atoms with Gasteiger partial charge in [-0.05, 0) is 57.3 Å². The third kappa shape index (κ3) is 9.97. The van der Waals surface area contributed by atoms with E-state index in [2.05, 4.69) is 16.0 Å². The molecule has 0 radical (unpaired) electrons. The molecular formula is C27H47N5O5. The summed E-state index contributed by atoms with van der Waals surface area (Å²) in [6, 6.07) is -2.33. The van der Waals surface area contributed by atoms with Gasteiger partial charge in [-0.3, -0.25) is 19.2 Å². The second-order valence-corrected chi connectivity index (χ2v) is 12.9. The van der Waals surface area contributed by atoms with Crippen molar-refractivity contribution < 1.29 is 24.0 Å². The molecule has 1 unspecified atom stereocenters. The molecule has 5 amide bonds. The molecule has 0 aromatic heterocycles. The van der Waals surface area contributed by atoms with E-state index >= 15 is 0 Å². The molecule has 0 aromatic carbocycles. The Morgan fingerprint density at radius 3 is 1.89 bits per heavy atom. The van der Waals surface area contributed by atoms with Crippen molar-refractivity contribution in [2.45, 2.75) is 111 Å². The Kier molecular flexibility index (Phi) is 10.5. The molecule has 0 aromatic rings. The molecule has 0 saturated heterocycles. The van der Waals surface area contributed by atoms with E-state index in [9.17, 15) is 24.0 Å². The van der Waals surface area contributed by atoms with Crippen LogP contribution in [0.2, 0.25) is 0 Å². The Labute approximate surface area is 221 Å². The smallest absolute Gasteiger partial charge is 0.315 e. The Bertz CT molecular complexity index is 850. The first-order valence-electron chi connectivity index (χ1n) is 13.6. The van der Waals surface area contributed by atoms with E-state index in [4.69, 9.17) is 5.73 Å². The number of nitrogens with two attached hydrogens (primary N) is 1. The third-order valence-electron chi connectivity index (χ3n) is 7.16. The average Bonchev–Trinajstić information content (AvgIpc) is 3.23. The summed E-state index contributed by atoms with van der Waals surface area (Å²) in [5.74, 6) is -2.24. The SMILES string of the molecule is CC(C)(C)NC(=O)N[C@H](C(=O)N(CC(=O)NC(CC1CCC1)C(=O)C(N)=O)CC1CCCC1)C(C)(C)C. The summed E-state index contributed by atoms with van der Waals surface area (Å²) >= 11 is 0. The van der Waals surface area contributed by atoms with E-state index < -0.39 is 46.7 Å². The first kappa shape index (κ1) is 30.6. The van der Waals surface area contributed by atoms with Crippen molar-refractivity contribution in [1.29, 1.82) is 0 Å². The van der Waals surface area contributed by atoms with Crippen LogP contribution in [0.15, 0.2) is 0 Å². The molecule has 10 heteroatoms. The van der Waals surface area contributed by atoms with Crippen LogP contribution in [0.5, 0.6) is 0 Å². The highest BCUT2D eigenvalue weighted by molar-refractivity contribution is 6.37. The molecule has 210 valence electrons. The van der Waals surface area contributed by atoms with Crippen molar-refractivity contribution in [3.8, 4) is 0 Å². The minimum absolute atomic E-state index is 0.263. The molecule has 2 aliphatic carbocycles. The van der Waals surface area contributed by atoms with Crippen LogP contribution in [0.3, 0.4) is 0 Å². The number of nitrogens with one attached hydrogen (secondary N) is 3. The van der Waals surface area contributed by atoms with Crippen molar-refractivity contribution in [2.75, 3.05) is 13.1 Å². The minimum atomic E-state index is -1.08. The van der Waals surface area contributed by atoms with Gasteiger partial charge in [-0.2, -0.15) is 0 Å². The number of carbonyl (C=O) groups excluding carboxylic acids is 5. The lowest BCUT2D eigenvalue weighted by Gasteiger charge is -2.36. The Morgan fingerprint density at radius 2 is 1.43 bits per heavy atom. The van der Waals surface area contributed by atoms with Gasteiger partial charge in [-0.15, -0.1) is 0 Å². The van der Waals surface area contributed by atoms with Gasteiger partial charge < -0.3 is 26.6 Å². The number of Topliss-reactive ketones (excluding diaryl/α,β-unsaturated/α-hetero) is 1. The highest BCUT2D eigenvalue weighted by Gasteiger charge is 2.38. The second-order valence-electron chi connectivity index (χ2n) is 12.9. The molecule has 10 nitrogen and oxygen atoms in total. The third-order valence-corrected chi connectivity index (χ3v) is 7.16. The van der Waals surface area contributed by atoms with Crippen LogP contribution < -0.4 is 21.7 Å². The number of hydrogen-bond donors (Lipinski definition) is 4. The molecule has 37 heavy (non-hydrogen) atoms. The first-order chi connectivity index (χ1) is 17.1. The summed E-state index contributed by atoms with van der Waals surface area (Å²) in [5.41, 5.74) is 4.13. The monoisotopic (exact) mass is 521 g/mol. The second kappa shape index (κ2) is 12.7. The van der Waals surface area contributed by atoms with Gasteiger partial charge >= 0.3 is 6.03 Å². The fourth-order valence-electron chi connectivity index (χ4n) is 4.95.